The second kappa shape index (κ2) is 7.19. The maximum absolute atomic E-state index is 9.75. The molecule has 5 nitrogen and oxygen atoms in total. The summed E-state index contributed by atoms with van der Waals surface area (Å²) in [6.07, 6.45) is 1.58. The number of halogens is 1. The van der Waals surface area contributed by atoms with Crippen LogP contribution in [0.1, 0.15) is 25.5 Å². The number of aliphatic hydroxyl groups is 1. The molecule has 3 N–H and O–H groups in total. The van der Waals surface area contributed by atoms with E-state index >= 15 is 0 Å². The lowest BCUT2D eigenvalue weighted by Gasteiger charge is -2.24. The number of hydrogen-bond donors (Lipinski definition) is 3. The quantitative estimate of drug-likeness (QED) is 0.758. The summed E-state index contributed by atoms with van der Waals surface area (Å²) in [6, 6.07) is 6.40. The Labute approximate surface area is 156 Å². The maximum atomic E-state index is 9.75. The Bertz CT molecular complexity index is 799. The monoisotopic (exact) mass is 379 g/mol. The van der Waals surface area contributed by atoms with Crippen LogP contribution >= 0.6 is 23.4 Å². The molecule has 0 spiro atoms. The summed E-state index contributed by atoms with van der Waals surface area (Å²) in [6.45, 7) is 3.38. The van der Waals surface area contributed by atoms with Crippen molar-refractivity contribution < 1.29 is 9.84 Å². The molecule has 1 saturated heterocycles. The van der Waals surface area contributed by atoms with Gasteiger partial charge in [0.05, 0.1) is 29.0 Å². The van der Waals surface area contributed by atoms with E-state index in [1.807, 2.05) is 12.1 Å². The predicted molar refractivity (Wildman–Crippen MR) is 105 cm³/mol. The molecular formula is C18H22ClN3O2S. The first-order valence-corrected chi connectivity index (χ1v) is 10.0. The van der Waals surface area contributed by atoms with Crippen molar-refractivity contribution in [2.24, 2.45) is 4.99 Å². The smallest absolute Gasteiger partial charge is 0.115 e. The zero-order valence-corrected chi connectivity index (χ0v) is 15.7. The highest BCUT2D eigenvalue weighted by atomic mass is 35.5. The van der Waals surface area contributed by atoms with E-state index in [9.17, 15) is 5.11 Å². The average molecular weight is 380 g/mol. The van der Waals surface area contributed by atoms with Crippen molar-refractivity contribution in [2.75, 3.05) is 24.3 Å². The number of ether oxygens (including phenoxy) is 1. The Morgan fingerprint density at radius 1 is 1.36 bits per heavy atom. The first kappa shape index (κ1) is 17.2. The van der Waals surface area contributed by atoms with Gasteiger partial charge in [-0.3, -0.25) is 4.99 Å². The lowest BCUT2D eigenvalue weighted by molar-refractivity contribution is 0.0905. The highest BCUT2D eigenvalue weighted by molar-refractivity contribution is 8.14. The van der Waals surface area contributed by atoms with Crippen LogP contribution in [0.3, 0.4) is 0 Å². The Balaban J connectivity index is 1.65. The zero-order chi connectivity index (χ0) is 17.4. The molecule has 0 aliphatic carbocycles. The third-order valence-corrected chi connectivity index (χ3v) is 6.06. The largest absolute Gasteiger partial charge is 0.391 e. The molecule has 1 aromatic carbocycles. The number of H-pyrrole nitrogens is 1. The number of aromatic amines is 1. The summed E-state index contributed by atoms with van der Waals surface area (Å²) in [7, 11) is 0. The molecule has 2 aromatic rings. The summed E-state index contributed by atoms with van der Waals surface area (Å²) < 4.78 is 5.44. The standard InChI is InChI=1S/C18H22ClN3O2S/c1-10(23)16-9-25-18(22-16)15-7-11-6-12(19)8-14(17(11)21-15)20-13-2-4-24-5-3-13/h6-8,10,13,16,20-21,23H,2-5,9H2,1H3/t10?,16-/m0/s1. The van der Waals surface area contributed by atoms with E-state index in [-0.39, 0.29) is 6.04 Å². The number of thioether (sulfide) groups is 1. The molecule has 0 amide bonds. The summed E-state index contributed by atoms with van der Waals surface area (Å²) in [5, 5.41) is 16.1. The third-order valence-electron chi connectivity index (χ3n) is 4.74. The van der Waals surface area contributed by atoms with Crippen molar-refractivity contribution in [3.8, 4) is 0 Å². The second-order valence-corrected chi connectivity index (χ2v) is 8.13. The molecule has 0 bridgehead atoms. The van der Waals surface area contributed by atoms with E-state index in [0.717, 1.165) is 64.2 Å². The SMILES string of the molecule is CC(O)[C@@H]1CSC(c2cc3cc(Cl)cc(NC4CCOCC4)c3[nH]2)=N1. The lowest BCUT2D eigenvalue weighted by atomic mass is 10.1. The number of nitrogens with zero attached hydrogens (tertiary/aromatic N) is 1. The van der Waals surface area contributed by atoms with Crippen molar-refractivity contribution in [1.29, 1.82) is 0 Å². The molecule has 2 aliphatic heterocycles. The van der Waals surface area contributed by atoms with Gasteiger partial charge in [0.1, 0.15) is 5.04 Å². The summed E-state index contributed by atoms with van der Waals surface area (Å²) >= 11 is 8.01. The highest BCUT2D eigenvalue weighted by Gasteiger charge is 2.24. The number of fused-ring (bicyclic) bond motifs is 1. The van der Waals surface area contributed by atoms with Gasteiger partial charge in [-0.25, -0.2) is 0 Å². The average Bonchev–Trinajstić information content (AvgIpc) is 3.22. The summed E-state index contributed by atoms with van der Waals surface area (Å²) in [5.41, 5.74) is 3.06. The van der Waals surface area contributed by atoms with Crippen LogP contribution in [0.25, 0.3) is 10.9 Å². The van der Waals surface area contributed by atoms with Gasteiger partial charge >= 0.3 is 0 Å². The topological polar surface area (TPSA) is 69.6 Å². The van der Waals surface area contributed by atoms with E-state index in [2.05, 4.69) is 21.4 Å². The van der Waals surface area contributed by atoms with Crippen molar-refractivity contribution in [3.05, 3.63) is 28.9 Å². The Kier molecular flexibility index (Phi) is 4.95. The summed E-state index contributed by atoms with van der Waals surface area (Å²) in [4.78, 5) is 8.15. The van der Waals surface area contributed by atoms with E-state index in [1.165, 1.54) is 0 Å². The molecule has 25 heavy (non-hydrogen) atoms. The van der Waals surface area contributed by atoms with Crippen LogP contribution in [0, 0.1) is 0 Å². The fourth-order valence-corrected chi connectivity index (χ4v) is 4.67. The predicted octanol–water partition coefficient (Wildman–Crippen LogP) is 3.66. The molecule has 7 heteroatoms. The molecule has 4 rings (SSSR count). The number of hydrogen-bond acceptors (Lipinski definition) is 5. The van der Waals surface area contributed by atoms with Crippen LogP contribution in [-0.4, -0.2) is 52.3 Å². The minimum atomic E-state index is -0.422. The molecular weight excluding hydrogens is 358 g/mol. The first-order chi connectivity index (χ1) is 12.1. The number of aliphatic imine (C=N–C) groups is 1. The van der Waals surface area contributed by atoms with Gasteiger partial charge in [0.2, 0.25) is 0 Å². The van der Waals surface area contributed by atoms with Crippen LogP contribution in [-0.2, 0) is 4.74 Å². The maximum Gasteiger partial charge on any atom is 0.115 e. The van der Waals surface area contributed by atoms with Crippen molar-refractivity contribution in [3.63, 3.8) is 0 Å². The van der Waals surface area contributed by atoms with Gasteiger partial charge in [-0.1, -0.05) is 11.6 Å². The number of aromatic nitrogens is 1. The molecule has 2 atom stereocenters. The fourth-order valence-electron chi connectivity index (χ4n) is 3.28. The normalized spacial score (nSPS) is 23.0. The zero-order valence-electron chi connectivity index (χ0n) is 14.1. The van der Waals surface area contributed by atoms with Gasteiger partial charge in [-0.05, 0) is 38.0 Å². The van der Waals surface area contributed by atoms with Gasteiger partial charge in [-0.15, -0.1) is 11.8 Å². The van der Waals surface area contributed by atoms with Gasteiger partial charge in [0.25, 0.3) is 0 Å². The number of anilines is 1. The van der Waals surface area contributed by atoms with Crippen molar-refractivity contribution >= 4 is 45.0 Å². The molecule has 134 valence electrons. The van der Waals surface area contributed by atoms with Crippen molar-refractivity contribution in [2.45, 2.75) is 38.0 Å². The van der Waals surface area contributed by atoms with Gasteiger partial charge in [-0.2, -0.15) is 0 Å². The third kappa shape index (κ3) is 3.67. The van der Waals surface area contributed by atoms with Crippen LogP contribution < -0.4 is 5.32 Å². The molecule has 1 unspecified atom stereocenters. The fraction of sp³-hybridized carbons (Fsp3) is 0.500. The van der Waals surface area contributed by atoms with E-state index in [1.54, 1.807) is 18.7 Å². The lowest BCUT2D eigenvalue weighted by Crippen LogP contribution is -2.27. The molecule has 0 saturated carbocycles. The number of rotatable bonds is 4. The first-order valence-electron chi connectivity index (χ1n) is 8.66. The molecule has 2 aliphatic rings. The molecule has 1 fully saturated rings. The molecule has 1 aromatic heterocycles. The number of aliphatic hydroxyl groups excluding tert-OH is 1. The highest BCUT2D eigenvalue weighted by Crippen LogP contribution is 2.32. The number of nitrogens with one attached hydrogen (secondary N) is 2. The van der Waals surface area contributed by atoms with Crippen LogP contribution in [0.4, 0.5) is 5.69 Å². The van der Waals surface area contributed by atoms with E-state index < -0.39 is 6.10 Å². The Morgan fingerprint density at radius 2 is 2.16 bits per heavy atom. The minimum absolute atomic E-state index is 0.0326. The van der Waals surface area contributed by atoms with Crippen molar-refractivity contribution in [1.82, 2.24) is 4.98 Å². The Hall–Kier alpha value is -1.21. The van der Waals surface area contributed by atoms with E-state index in [4.69, 9.17) is 16.3 Å². The summed E-state index contributed by atoms with van der Waals surface area (Å²) in [5.74, 6) is 0.816. The molecule has 0 radical (unpaired) electrons. The molecule has 3 heterocycles. The number of benzene rings is 1. The van der Waals surface area contributed by atoms with Crippen LogP contribution in [0.5, 0.6) is 0 Å². The second-order valence-electron chi connectivity index (χ2n) is 6.68. The Morgan fingerprint density at radius 3 is 2.88 bits per heavy atom. The van der Waals surface area contributed by atoms with Gasteiger partial charge in [0.15, 0.2) is 0 Å². The van der Waals surface area contributed by atoms with Gasteiger partial charge in [0, 0.05) is 35.4 Å². The van der Waals surface area contributed by atoms with E-state index in [0.29, 0.717) is 6.04 Å². The minimum Gasteiger partial charge on any atom is -0.391 e. The van der Waals surface area contributed by atoms with Crippen LogP contribution in [0.15, 0.2) is 23.2 Å². The van der Waals surface area contributed by atoms with Gasteiger partial charge < -0.3 is 20.1 Å². The van der Waals surface area contributed by atoms with Crippen LogP contribution in [0.2, 0.25) is 5.02 Å².